The minimum absolute atomic E-state index is 0.264. The molecule has 14 heteroatoms. The van der Waals surface area contributed by atoms with Crippen molar-refractivity contribution in [1.29, 1.82) is 0 Å². The highest BCUT2D eigenvalue weighted by Gasteiger charge is 2.43. The summed E-state index contributed by atoms with van der Waals surface area (Å²) >= 11 is 9.99. The van der Waals surface area contributed by atoms with E-state index in [-0.39, 0.29) is 16.9 Å². The number of fused-ring (bicyclic) bond motifs is 4. The number of hydrogen-bond donors (Lipinski definition) is 4. The maximum absolute atomic E-state index is 13.2. The first-order valence-electron chi connectivity index (χ1n) is 13.5. The summed E-state index contributed by atoms with van der Waals surface area (Å²) in [5, 5.41) is 24.8. The summed E-state index contributed by atoms with van der Waals surface area (Å²) in [6, 6.07) is 10.6. The number of hydrogen-bond acceptors (Lipinski definition) is 9. The zero-order valence-electron chi connectivity index (χ0n) is 23.1. The number of methoxy groups -OCH3 is 1. The van der Waals surface area contributed by atoms with E-state index in [0.29, 0.717) is 27.8 Å². The molecule has 2 aromatic carbocycles. The number of nitrogens with zero attached hydrogens (tertiary/aromatic N) is 5. The molecule has 0 fully saturated rings. The van der Waals surface area contributed by atoms with E-state index < -0.39 is 11.6 Å². The van der Waals surface area contributed by atoms with Crippen LogP contribution in [0.1, 0.15) is 43.7 Å². The van der Waals surface area contributed by atoms with Crippen LogP contribution in [-0.4, -0.2) is 62.7 Å². The van der Waals surface area contributed by atoms with Crippen LogP contribution in [0.4, 0.5) is 16.2 Å². The van der Waals surface area contributed by atoms with E-state index in [4.69, 9.17) is 21.3 Å². The van der Waals surface area contributed by atoms with Crippen LogP contribution < -0.4 is 21.3 Å². The van der Waals surface area contributed by atoms with Crippen LogP contribution in [0, 0.1) is 0 Å². The predicted octanol–water partition coefficient (Wildman–Crippen LogP) is 4.62. The molecule has 3 atom stereocenters. The van der Waals surface area contributed by atoms with Gasteiger partial charge in [-0.2, -0.15) is 4.68 Å². The minimum atomic E-state index is -0.624. The molecular formula is C28H31BrClN9O3. The van der Waals surface area contributed by atoms with E-state index in [0.717, 1.165) is 43.5 Å². The van der Waals surface area contributed by atoms with Crippen molar-refractivity contribution in [2.24, 2.45) is 4.99 Å². The van der Waals surface area contributed by atoms with E-state index in [1.54, 1.807) is 24.3 Å². The van der Waals surface area contributed by atoms with Crippen LogP contribution >= 0.6 is 27.5 Å². The number of nitrogens with one attached hydrogen (secondary N) is 4. The SMILES string of the molecule is COC(=O)Nc1ccc2c(c1)NCCCCC[C@H](NC(=O)/C=C/c1cc(Cl)ccc1-n1cnnn1)C1=NC(Br)C2(C)N1. The maximum Gasteiger partial charge on any atom is 0.411 e. The van der Waals surface area contributed by atoms with Crippen molar-refractivity contribution in [3.63, 3.8) is 0 Å². The molecule has 5 rings (SSSR count). The van der Waals surface area contributed by atoms with Crippen molar-refractivity contribution in [1.82, 2.24) is 30.8 Å². The van der Waals surface area contributed by atoms with Gasteiger partial charge in [0.15, 0.2) is 0 Å². The molecule has 12 nitrogen and oxygen atoms in total. The molecule has 1 aromatic heterocycles. The average molecular weight is 657 g/mol. The summed E-state index contributed by atoms with van der Waals surface area (Å²) in [7, 11) is 1.33. The molecule has 0 saturated heterocycles. The third kappa shape index (κ3) is 6.57. The van der Waals surface area contributed by atoms with Gasteiger partial charge in [0.2, 0.25) is 5.91 Å². The summed E-state index contributed by atoms with van der Waals surface area (Å²) in [6.07, 6.45) is 7.64. The van der Waals surface area contributed by atoms with Crippen molar-refractivity contribution in [2.45, 2.75) is 49.1 Å². The number of ether oxygens (including phenoxy) is 1. The monoisotopic (exact) mass is 655 g/mol. The molecule has 2 aliphatic heterocycles. The van der Waals surface area contributed by atoms with Gasteiger partial charge in [-0.3, -0.25) is 15.1 Å². The molecule has 0 radical (unpaired) electrons. The number of rotatable bonds is 5. The molecule has 2 bridgehead atoms. The number of benzene rings is 2. The van der Waals surface area contributed by atoms with Crippen molar-refractivity contribution in [2.75, 3.05) is 24.3 Å². The first-order chi connectivity index (χ1) is 20.3. The first kappa shape index (κ1) is 29.5. The smallest absolute Gasteiger partial charge is 0.411 e. The number of anilines is 2. The van der Waals surface area contributed by atoms with Gasteiger partial charge in [0.05, 0.1) is 24.4 Å². The molecule has 0 spiro atoms. The Labute approximate surface area is 256 Å². The first-order valence-corrected chi connectivity index (χ1v) is 14.8. The van der Waals surface area contributed by atoms with Crippen LogP contribution in [0.5, 0.6) is 0 Å². The molecule has 220 valence electrons. The standard InChI is InChI=1S/C28H31BrClN9O3/c1-28-20-10-9-19(33-27(41)42-2)15-22(20)31-13-5-3-4-6-21(25(36-28)35-26(28)29)34-24(40)12-7-17-14-18(30)8-11-23(17)39-16-32-37-38-39/h7-12,14-16,21,26,31H,3-6,13H2,1-2H3,(H,33,41)(H,34,40)(H,35,36)/b12-7+/t21-,26?,28?/m0/s1. The van der Waals surface area contributed by atoms with Gasteiger partial charge in [0.25, 0.3) is 0 Å². The molecule has 2 aliphatic rings. The lowest BCUT2D eigenvalue weighted by Crippen LogP contribution is -2.50. The summed E-state index contributed by atoms with van der Waals surface area (Å²) in [4.78, 5) is 29.6. The van der Waals surface area contributed by atoms with Crippen LogP contribution in [-0.2, 0) is 15.1 Å². The molecule has 3 aromatic rings. The largest absolute Gasteiger partial charge is 0.453 e. The van der Waals surface area contributed by atoms with Crippen LogP contribution in [0.15, 0.2) is 53.8 Å². The topological polar surface area (TPSA) is 147 Å². The fraction of sp³-hybridized carbons (Fsp3) is 0.357. The van der Waals surface area contributed by atoms with Gasteiger partial charge in [-0.1, -0.05) is 46.4 Å². The lowest BCUT2D eigenvalue weighted by molar-refractivity contribution is -0.116. The third-order valence-electron chi connectivity index (χ3n) is 7.26. The fourth-order valence-corrected chi connectivity index (χ4v) is 5.81. The van der Waals surface area contributed by atoms with Gasteiger partial charge in [-0.25, -0.2) is 4.79 Å². The Bertz CT molecular complexity index is 1510. The summed E-state index contributed by atoms with van der Waals surface area (Å²) in [6.45, 7) is 2.81. The van der Waals surface area contributed by atoms with Crippen molar-refractivity contribution < 1.29 is 14.3 Å². The Morgan fingerprint density at radius 2 is 2.07 bits per heavy atom. The van der Waals surface area contributed by atoms with Gasteiger partial charge in [-0.15, -0.1) is 5.10 Å². The lowest BCUT2D eigenvalue weighted by atomic mass is 9.90. The van der Waals surface area contributed by atoms with E-state index in [2.05, 4.69) is 59.6 Å². The maximum atomic E-state index is 13.2. The number of carbonyl (C=O) groups excluding carboxylic acids is 2. The number of tetrazole rings is 1. The van der Waals surface area contributed by atoms with Crippen molar-refractivity contribution in [3.8, 4) is 5.69 Å². The number of carbonyl (C=O) groups is 2. The lowest BCUT2D eigenvalue weighted by Gasteiger charge is -2.33. The second-order valence-electron chi connectivity index (χ2n) is 10.2. The molecule has 2 unspecified atom stereocenters. The second kappa shape index (κ2) is 12.9. The summed E-state index contributed by atoms with van der Waals surface area (Å²) in [5.74, 6) is 0.432. The normalized spacial score (nSPS) is 22.0. The van der Waals surface area contributed by atoms with E-state index in [1.807, 2.05) is 18.2 Å². The molecule has 42 heavy (non-hydrogen) atoms. The highest BCUT2D eigenvalue weighted by Crippen LogP contribution is 2.40. The average Bonchev–Trinajstić information content (AvgIpc) is 3.61. The van der Waals surface area contributed by atoms with Crippen molar-refractivity contribution in [3.05, 3.63) is 65.0 Å². The third-order valence-corrected chi connectivity index (χ3v) is 8.61. The molecule has 0 aliphatic carbocycles. The molecule has 3 heterocycles. The zero-order valence-corrected chi connectivity index (χ0v) is 25.4. The number of alkyl halides is 1. The Hall–Kier alpha value is -3.97. The molecule has 0 saturated carbocycles. The number of amides is 2. The Kier molecular flexibility index (Phi) is 9.07. The Morgan fingerprint density at radius 1 is 1.21 bits per heavy atom. The number of amidine groups is 1. The van der Waals surface area contributed by atoms with Crippen LogP contribution in [0.3, 0.4) is 0 Å². The molecule has 2 amide bonds. The van der Waals surface area contributed by atoms with Gasteiger partial charge in [0, 0.05) is 40.1 Å². The highest BCUT2D eigenvalue weighted by molar-refractivity contribution is 9.09. The van der Waals surface area contributed by atoms with Gasteiger partial charge in [-0.05, 0) is 66.6 Å². The van der Waals surface area contributed by atoms with Crippen LogP contribution in [0.2, 0.25) is 5.02 Å². The molecular weight excluding hydrogens is 626 g/mol. The Morgan fingerprint density at radius 3 is 2.86 bits per heavy atom. The van der Waals surface area contributed by atoms with E-state index in [9.17, 15) is 9.59 Å². The second-order valence-corrected chi connectivity index (χ2v) is 11.5. The Balaban J connectivity index is 1.37. The summed E-state index contributed by atoms with van der Waals surface area (Å²) < 4.78 is 6.26. The summed E-state index contributed by atoms with van der Waals surface area (Å²) in [5.41, 5.74) is 3.23. The zero-order chi connectivity index (χ0) is 29.7. The predicted molar refractivity (Wildman–Crippen MR) is 165 cm³/mol. The fourth-order valence-electron chi connectivity index (χ4n) is 5.05. The minimum Gasteiger partial charge on any atom is -0.453 e. The highest BCUT2D eigenvalue weighted by atomic mass is 79.9. The van der Waals surface area contributed by atoms with Crippen LogP contribution in [0.25, 0.3) is 11.8 Å². The quantitative estimate of drug-likeness (QED) is 0.177. The number of halogens is 2. The van der Waals surface area contributed by atoms with E-state index >= 15 is 0 Å². The molecule has 4 N–H and O–H groups in total. The van der Waals surface area contributed by atoms with Gasteiger partial charge >= 0.3 is 6.09 Å². The number of aliphatic imine (C=N–C) groups is 1. The van der Waals surface area contributed by atoms with Gasteiger partial charge < -0.3 is 20.7 Å². The van der Waals surface area contributed by atoms with E-state index in [1.165, 1.54) is 24.2 Å². The van der Waals surface area contributed by atoms with Gasteiger partial charge in [0.1, 0.15) is 17.1 Å². The van der Waals surface area contributed by atoms with Crippen molar-refractivity contribution >= 4 is 62.8 Å². The number of aromatic nitrogens is 4.